The number of esters is 2. The Labute approximate surface area is 673 Å². The summed E-state index contributed by atoms with van der Waals surface area (Å²) in [6.07, 6.45) is 0. The van der Waals surface area contributed by atoms with E-state index in [4.69, 9.17) is 9.47 Å². The minimum Gasteiger partial charge on any atom is -0.423 e. The van der Waals surface area contributed by atoms with Crippen LogP contribution in [0.2, 0.25) is 0 Å². The van der Waals surface area contributed by atoms with E-state index >= 15 is 0 Å². The second-order valence-electron chi connectivity index (χ2n) is 28.7. The van der Waals surface area contributed by atoms with E-state index in [2.05, 4.69) is 222 Å². The Morgan fingerprint density at radius 1 is 0.167 bits per heavy atom. The fraction of sp³-hybridized carbons (Fsp3) is 0.113. The SMILES string of the molecule is Cc1ccc(-c2ccc(-c3ccc(C)cc3)cc2)cc1.Cc1ccc(-c2ccc(C)cc2)cc1.Cc1ccc(NC(=O)c2ccc(-c3ccc(C)cc3)cc2)cc1.Cc1ccc(NC(=O)c2ccc(C)cc2)cc1.Cc1ccc(OC(=O)c2ccc(-c3ccc(C)cc3)cc2)cc1.Cc1ccc(OC(=O)c2ccc(C)cc2)cc1. The van der Waals surface area contributed by atoms with Gasteiger partial charge in [-0.1, -0.05) is 334 Å². The average Bonchev–Trinajstić information content (AvgIpc) is 0.836. The first-order valence-electron chi connectivity index (χ1n) is 38.2. The van der Waals surface area contributed by atoms with E-state index in [1.165, 1.54) is 77.9 Å². The fourth-order valence-electron chi connectivity index (χ4n) is 11.6. The Hall–Kier alpha value is -13.8. The van der Waals surface area contributed by atoms with Gasteiger partial charge in [-0.15, -0.1) is 0 Å². The monoisotopic (exact) mass is 1490 g/mol. The van der Waals surface area contributed by atoms with Gasteiger partial charge in [-0.25, -0.2) is 9.59 Å². The van der Waals surface area contributed by atoms with E-state index in [1.807, 2.05) is 187 Å². The minimum absolute atomic E-state index is 0.0751. The number of aryl methyl sites for hydroxylation is 12. The summed E-state index contributed by atoms with van der Waals surface area (Å²) in [6, 6.07) is 120. The first-order valence-corrected chi connectivity index (χ1v) is 38.2. The molecule has 15 aromatic carbocycles. The third-order valence-electron chi connectivity index (χ3n) is 18.8. The molecule has 8 nitrogen and oxygen atoms in total. The van der Waals surface area contributed by atoms with Gasteiger partial charge in [-0.2, -0.15) is 0 Å². The van der Waals surface area contributed by atoms with Crippen molar-refractivity contribution >= 4 is 35.1 Å². The normalized spacial score (nSPS) is 10.2. The number of ether oxygens (including phenoxy) is 2. The average molecular weight is 1500 g/mol. The van der Waals surface area contributed by atoms with Gasteiger partial charge in [0.05, 0.1) is 11.1 Å². The van der Waals surface area contributed by atoms with Crippen LogP contribution in [0.4, 0.5) is 11.4 Å². The summed E-state index contributed by atoms with van der Waals surface area (Å²) in [6.45, 7) is 24.6. The molecule has 0 aliphatic carbocycles. The van der Waals surface area contributed by atoms with Crippen molar-refractivity contribution in [2.24, 2.45) is 0 Å². The molecule has 15 aromatic rings. The number of anilines is 2. The van der Waals surface area contributed by atoms with Gasteiger partial charge in [0.25, 0.3) is 11.8 Å². The number of hydrogen-bond donors (Lipinski definition) is 2. The molecule has 2 amide bonds. The predicted octanol–water partition coefficient (Wildman–Crippen LogP) is 27.1. The molecule has 114 heavy (non-hydrogen) atoms. The third kappa shape index (κ3) is 26.2. The maximum atomic E-state index is 12.3. The van der Waals surface area contributed by atoms with Crippen molar-refractivity contribution < 1.29 is 28.7 Å². The van der Waals surface area contributed by atoms with Gasteiger partial charge in [-0.3, -0.25) is 9.59 Å². The van der Waals surface area contributed by atoms with E-state index in [-0.39, 0.29) is 23.8 Å². The number of benzene rings is 15. The van der Waals surface area contributed by atoms with Crippen molar-refractivity contribution in [2.45, 2.75) is 83.1 Å². The van der Waals surface area contributed by atoms with Crippen molar-refractivity contribution in [2.75, 3.05) is 10.6 Å². The highest BCUT2D eigenvalue weighted by Gasteiger charge is 2.13. The van der Waals surface area contributed by atoms with Crippen LogP contribution >= 0.6 is 0 Å². The molecular weight excluding hydrogens is 1400 g/mol. The molecule has 0 atom stereocenters. The lowest BCUT2D eigenvalue weighted by Gasteiger charge is -2.07. The van der Waals surface area contributed by atoms with Crippen LogP contribution < -0.4 is 20.1 Å². The van der Waals surface area contributed by atoms with Gasteiger partial charge in [0.1, 0.15) is 11.5 Å². The van der Waals surface area contributed by atoms with Crippen molar-refractivity contribution in [3.05, 3.63) is 453 Å². The van der Waals surface area contributed by atoms with Gasteiger partial charge < -0.3 is 20.1 Å². The van der Waals surface area contributed by atoms with E-state index in [0.717, 1.165) is 55.9 Å². The summed E-state index contributed by atoms with van der Waals surface area (Å²) in [4.78, 5) is 48.1. The molecule has 0 aromatic heterocycles. The van der Waals surface area contributed by atoms with Gasteiger partial charge >= 0.3 is 11.9 Å². The van der Waals surface area contributed by atoms with E-state index in [1.54, 1.807) is 48.5 Å². The second kappa shape index (κ2) is 41.3. The van der Waals surface area contributed by atoms with Crippen LogP contribution in [-0.2, 0) is 0 Å². The van der Waals surface area contributed by atoms with Crippen molar-refractivity contribution in [1.29, 1.82) is 0 Å². The molecule has 568 valence electrons. The van der Waals surface area contributed by atoms with E-state index in [9.17, 15) is 19.2 Å². The lowest BCUT2D eigenvalue weighted by Crippen LogP contribution is -2.11. The summed E-state index contributed by atoms with van der Waals surface area (Å²) in [5.41, 5.74) is 30.8. The molecule has 0 unspecified atom stereocenters. The molecule has 0 saturated carbocycles. The lowest BCUT2D eigenvalue weighted by molar-refractivity contribution is 0.0725. The maximum absolute atomic E-state index is 12.3. The Morgan fingerprint density at radius 3 is 0.500 bits per heavy atom. The van der Waals surface area contributed by atoms with E-state index in [0.29, 0.717) is 33.8 Å². The summed E-state index contributed by atoms with van der Waals surface area (Å²) >= 11 is 0. The summed E-state index contributed by atoms with van der Waals surface area (Å²) < 4.78 is 10.6. The molecule has 0 aliphatic heterocycles. The Balaban J connectivity index is 0.000000146. The molecule has 0 spiro atoms. The minimum atomic E-state index is -0.343. The highest BCUT2D eigenvalue weighted by molar-refractivity contribution is 6.05. The quantitative estimate of drug-likeness (QED) is 0.0879. The van der Waals surface area contributed by atoms with Crippen LogP contribution in [0.5, 0.6) is 11.5 Å². The molecule has 0 radical (unpaired) electrons. The van der Waals surface area contributed by atoms with Crippen LogP contribution in [0.3, 0.4) is 0 Å². The van der Waals surface area contributed by atoms with Crippen LogP contribution in [0.1, 0.15) is 108 Å². The zero-order valence-electron chi connectivity index (χ0n) is 67.1. The first kappa shape index (κ1) is 82.7. The van der Waals surface area contributed by atoms with Gasteiger partial charge in [-0.05, 0) is 236 Å². The summed E-state index contributed by atoms with van der Waals surface area (Å²) in [7, 11) is 0. The molecule has 0 aliphatic rings. The predicted molar refractivity (Wildman–Crippen MR) is 474 cm³/mol. The molecular formula is C106H98N2O6. The lowest BCUT2D eigenvalue weighted by atomic mass is 9.99. The molecule has 15 rings (SSSR count). The third-order valence-corrected chi connectivity index (χ3v) is 18.8. The zero-order chi connectivity index (χ0) is 80.9. The summed E-state index contributed by atoms with van der Waals surface area (Å²) in [5, 5.41) is 5.78. The smallest absolute Gasteiger partial charge is 0.343 e. The topological polar surface area (TPSA) is 111 Å². The van der Waals surface area contributed by atoms with Crippen molar-refractivity contribution in [3.8, 4) is 67.1 Å². The van der Waals surface area contributed by atoms with Crippen molar-refractivity contribution in [3.63, 3.8) is 0 Å². The summed E-state index contributed by atoms with van der Waals surface area (Å²) in [5.74, 6) is 0.292. The Bertz CT molecular complexity index is 5180. The largest absolute Gasteiger partial charge is 0.423 e. The van der Waals surface area contributed by atoms with Gasteiger partial charge in [0.2, 0.25) is 0 Å². The highest BCUT2D eigenvalue weighted by atomic mass is 16.5. The fourth-order valence-corrected chi connectivity index (χ4v) is 11.6. The maximum Gasteiger partial charge on any atom is 0.343 e. The molecule has 0 saturated heterocycles. The van der Waals surface area contributed by atoms with Crippen LogP contribution in [0, 0.1) is 83.1 Å². The first-order chi connectivity index (χ1) is 55.0. The van der Waals surface area contributed by atoms with Gasteiger partial charge in [0, 0.05) is 22.5 Å². The Morgan fingerprint density at radius 2 is 0.298 bits per heavy atom. The number of hydrogen-bond acceptors (Lipinski definition) is 6. The highest BCUT2D eigenvalue weighted by Crippen LogP contribution is 2.28. The van der Waals surface area contributed by atoms with Crippen LogP contribution in [-0.4, -0.2) is 23.8 Å². The Kier molecular flexibility index (Phi) is 29.9. The molecule has 0 heterocycles. The number of amides is 2. The second-order valence-corrected chi connectivity index (χ2v) is 28.7. The van der Waals surface area contributed by atoms with E-state index < -0.39 is 0 Å². The van der Waals surface area contributed by atoms with Crippen LogP contribution in [0.15, 0.2) is 364 Å². The number of carbonyl (C=O) groups is 4. The van der Waals surface area contributed by atoms with Gasteiger partial charge in [0.15, 0.2) is 0 Å². The molecule has 8 heteroatoms. The molecule has 0 fully saturated rings. The van der Waals surface area contributed by atoms with Crippen molar-refractivity contribution in [1.82, 2.24) is 0 Å². The van der Waals surface area contributed by atoms with Crippen LogP contribution in [0.25, 0.3) is 55.6 Å². The number of rotatable bonds is 13. The number of carbonyl (C=O) groups excluding carboxylic acids is 4. The molecule has 0 bridgehead atoms. The molecule has 2 N–H and O–H groups in total. The zero-order valence-corrected chi connectivity index (χ0v) is 67.1. The number of nitrogens with one attached hydrogen (secondary N) is 2. The standard InChI is InChI=1S/C21H19NO.C21H18O2.C20H18.C15H15NO.C15H14O2.C14H14/c1-15-3-7-17(8-4-15)18-9-11-19(12-10-18)21(23)22-20-13-5-16(2)6-14-20;1-15-3-7-17(8-4-15)18-9-11-19(12-10-18)21(22)23-20-13-5-16(2)6-14-20;1-15-3-7-17(8-4-15)19-11-13-20(14-12-19)18-9-5-16(2)6-10-18;1-11-3-7-13(8-4-11)15(17)16-14-9-5-12(2)6-10-14;1-11-3-7-13(8-4-11)15(16)17-14-9-5-12(2)6-10-14;1-11-3-7-13(8-4-11)14-9-5-12(2)6-10-14/h3-14H,1-2H3,(H,22,23);3-14H,1-2H3;3-14H,1-2H3;3-10H,1-2H3,(H,16,17);3-10H,1-2H3;3-10H,1-2H3.